The van der Waals surface area contributed by atoms with Crippen LogP contribution in [0.5, 0.6) is 0 Å². The van der Waals surface area contributed by atoms with Gasteiger partial charge in [-0.3, -0.25) is 0 Å². The Morgan fingerprint density at radius 2 is 1.85 bits per heavy atom. The van der Waals surface area contributed by atoms with Crippen LogP contribution in [0.4, 0.5) is 11.8 Å². The zero-order chi connectivity index (χ0) is 14.0. The quantitative estimate of drug-likeness (QED) is 0.718. The number of nitrogens with zero attached hydrogens (tertiary/aromatic N) is 2. The third kappa shape index (κ3) is 4.88. The molecule has 0 saturated carbocycles. The second-order valence-corrected chi connectivity index (χ2v) is 4.74. The molecule has 0 unspecified atom stereocenters. The maximum absolute atomic E-state index is 4.45. The number of hydrogen-bond donors (Lipinski definition) is 2. The zero-order valence-corrected chi connectivity index (χ0v) is 12.0. The second kappa shape index (κ2) is 8.15. The third-order valence-corrected chi connectivity index (χ3v) is 3.04. The van der Waals surface area contributed by atoms with Crippen LogP contribution in [-0.4, -0.2) is 16.5 Å². The summed E-state index contributed by atoms with van der Waals surface area (Å²) in [6.07, 6.45) is 5.39. The molecule has 4 heteroatoms. The van der Waals surface area contributed by atoms with Gasteiger partial charge in [0.1, 0.15) is 5.82 Å². The Hall–Kier alpha value is -2.10. The lowest BCUT2D eigenvalue weighted by Gasteiger charge is -2.08. The average Bonchev–Trinajstić information content (AvgIpc) is 2.51. The van der Waals surface area contributed by atoms with Gasteiger partial charge in [-0.05, 0) is 18.1 Å². The second-order valence-electron chi connectivity index (χ2n) is 4.74. The molecule has 0 amide bonds. The summed E-state index contributed by atoms with van der Waals surface area (Å²) in [5.74, 6) is 1.54. The molecule has 1 aromatic heterocycles. The summed E-state index contributed by atoms with van der Waals surface area (Å²) in [5, 5.41) is 6.57. The molecule has 2 aromatic rings. The number of aromatic nitrogens is 2. The Balaban J connectivity index is 1.83. The highest BCUT2D eigenvalue weighted by Gasteiger charge is 1.98. The van der Waals surface area contributed by atoms with Gasteiger partial charge in [0.15, 0.2) is 0 Å². The molecule has 0 bridgehead atoms. The van der Waals surface area contributed by atoms with Gasteiger partial charge in [0.05, 0.1) is 0 Å². The van der Waals surface area contributed by atoms with Gasteiger partial charge in [0.25, 0.3) is 0 Å². The number of hydrogen-bond acceptors (Lipinski definition) is 4. The van der Waals surface area contributed by atoms with Gasteiger partial charge in [-0.15, -0.1) is 0 Å². The highest BCUT2D eigenvalue weighted by Crippen LogP contribution is 2.08. The molecule has 20 heavy (non-hydrogen) atoms. The molecule has 106 valence electrons. The topological polar surface area (TPSA) is 49.8 Å². The van der Waals surface area contributed by atoms with Crippen molar-refractivity contribution in [1.29, 1.82) is 0 Å². The molecule has 0 aliphatic heterocycles. The predicted molar refractivity (Wildman–Crippen MR) is 83.8 cm³/mol. The molecule has 4 nitrogen and oxygen atoms in total. The third-order valence-electron chi connectivity index (χ3n) is 3.04. The summed E-state index contributed by atoms with van der Waals surface area (Å²) in [6, 6.07) is 12.2. The van der Waals surface area contributed by atoms with E-state index in [9.17, 15) is 0 Å². The number of anilines is 2. The summed E-state index contributed by atoms with van der Waals surface area (Å²) in [5.41, 5.74) is 1.24. The molecular weight excluding hydrogens is 248 g/mol. The summed E-state index contributed by atoms with van der Waals surface area (Å²) in [6.45, 7) is 3.90. The summed E-state index contributed by atoms with van der Waals surface area (Å²) < 4.78 is 0. The van der Waals surface area contributed by atoms with Crippen molar-refractivity contribution in [2.45, 2.75) is 32.7 Å². The average molecular weight is 270 g/mol. The largest absolute Gasteiger partial charge is 0.366 e. The molecule has 1 aromatic carbocycles. The van der Waals surface area contributed by atoms with E-state index in [4.69, 9.17) is 0 Å². The monoisotopic (exact) mass is 270 g/mol. The lowest BCUT2D eigenvalue weighted by atomic mass is 10.2. The highest BCUT2D eigenvalue weighted by molar-refractivity contribution is 5.40. The first-order valence-corrected chi connectivity index (χ1v) is 7.23. The van der Waals surface area contributed by atoms with Crippen molar-refractivity contribution in [2.24, 2.45) is 0 Å². The van der Waals surface area contributed by atoms with Crippen molar-refractivity contribution < 1.29 is 0 Å². The summed E-state index contributed by atoms with van der Waals surface area (Å²) >= 11 is 0. The fourth-order valence-corrected chi connectivity index (χ4v) is 1.91. The van der Waals surface area contributed by atoms with E-state index < -0.39 is 0 Å². The Morgan fingerprint density at radius 1 is 1.00 bits per heavy atom. The van der Waals surface area contributed by atoms with Crippen LogP contribution < -0.4 is 10.6 Å². The molecule has 0 saturated heterocycles. The molecule has 0 radical (unpaired) electrons. The number of nitrogens with one attached hydrogen (secondary N) is 2. The van der Waals surface area contributed by atoms with Crippen molar-refractivity contribution in [3.8, 4) is 0 Å². The Bertz CT molecular complexity index is 499. The number of rotatable bonds is 8. The van der Waals surface area contributed by atoms with Gasteiger partial charge in [0, 0.05) is 19.3 Å². The van der Waals surface area contributed by atoms with E-state index in [1.165, 1.54) is 18.4 Å². The molecule has 2 rings (SSSR count). The van der Waals surface area contributed by atoms with Gasteiger partial charge < -0.3 is 10.6 Å². The molecular formula is C16H22N4. The van der Waals surface area contributed by atoms with Crippen LogP contribution in [0.3, 0.4) is 0 Å². The van der Waals surface area contributed by atoms with Crippen molar-refractivity contribution in [3.63, 3.8) is 0 Å². The molecule has 0 atom stereocenters. The van der Waals surface area contributed by atoms with Gasteiger partial charge >= 0.3 is 0 Å². The van der Waals surface area contributed by atoms with E-state index in [0.29, 0.717) is 5.95 Å². The maximum Gasteiger partial charge on any atom is 0.224 e. The zero-order valence-electron chi connectivity index (χ0n) is 12.0. The Kier molecular flexibility index (Phi) is 5.83. The smallest absolute Gasteiger partial charge is 0.224 e. The number of benzene rings is 1. The summed E-state index contributed by atoms with van der Waals surface area (Å²) in [4.78, 5) is 8.68. The lowest BCUT2D eigenvalue weighted by Crippen LogP contribution is -2.07. The SMILES string of the molecule is CCCCCNc1nccc(NCc2ccccc2)n1. The minimum Gasteiger partial charge on any atom is -0.366 e. The first-order valence-electron chi connectivity index (χ1n) is 7.23. The van der Waals surface area contributed by atoms with Crippen LogP contribution in [0, 0.1) is 0 Å². The van der Waals surface area contributed by atoms with Crippen molar-refractivity contribution in [1.82, 2.24) is 9.97 Å². The van der Waals surface area contributed by atoms with Crippen LogP contribution >= 0.6 is 0 Å². The Morgan fingerprint density at radius 3 is 2.65 bits per heavy atom. The van der Waals surface area contributed by atoms with Crippen LogP contribution in [0.2, 0.25) is 0 Å². The normalized spacial score (nSPS) is 10.2. The summed E-state index contributed by atoms with van der Waals surface area (Å²) in [7, 11) is 0. The standard InChI is InChI=1S/C16H22N4/c1-2-3-7-11-17-16-18-12-10-15(20-16)19-13-14-8-5-4-6-9-14/h4-6,8-10,12H,2-3,7,11,13H2,1H3,(H2,17,18,19,20). The van der Waals surface area contributed by atoms with Crippen molar-refractivity contribution in [3.05, 3.63) is 48.2 Å². The van der Waals surface area contributed by atoms with E-state index in [0.717, 1.165) is 25.3 Å². The van der Waals surface area contributed by atoms with Crippen LogP contribution in [0.1, 0.15) is 31.7 Å². The first-order chi connectivity index (χ1) is 9.88. The van der Waals surface area contributed by atoms with Gasteiger partial charge in [-0.2, -0.15) is 4.98 Å². The highest BCUT2D eigenvalue weighted by atomic mass is 15.1. The number of unbranched alkanes of at least 4 members (excludes halogenated alkanes) is 2. The molecule has 0 spiro atoms. The van der Waals surface area contributed by atoms with E-state index >= 15 is 0 Å². The lowest BCUT2D eigenvalue weighted by molar-refractivity contribution is 0.740. The van der Waals surface area contributed by atoms with Gasteiger partial charge in [-0.1, -0.05) is 50.1 Å². The van der Waals surface area contributed by atoms with Crippen LogP contribution in [0.15, 0.2) is 42.6 Å². The van der Waals surface area contributed by atoms with Crippen molar-refractivity contribution in [2.75, 3.05) is 17.2 Å². The van der Waals surface area contributed by atoms with Crippen LogP contribution in [0.25, 0.3) is 0 Å². The van der Waals surface area contributed by atoms with Gasteiger partial charge in [-0.25, -0.2) is 4.98 Å². The molecule has 2 N–H and O–H groups in total. The van der Waals surface area contributed by atoms with E-state index in [2.05, 4.69) is 39.7 Å². The fraction of sp³-hybridized carbons (Fsp3) is 0.375. The van der Waals surface area contributed by atoms with Crippen molar-refractivity contribution >= 4 is 11.8 Å². The predicted octanol–water partition coefficient (Wildman–Crippen LogP) is 3.69. The molecule has 0 aliphatic rings. The molecule has 0 aliphatic carbocycles. The Labute approximate surface area is 120 Å². The molecule has 1 heterocycles. The minimum atomic E-state index is 0.694. The fourth-order valence-electron chi connectivity index (χ4n) is 1.91. The van der Waals surface area contributed by atoms with E-state index in [1.54, 1.807) is 6.20 Å². The van der Waals surface area contributed by atoms with Crippen LogP contribution in [-0.2, 0) is 6.54 Å². The first kappa shape index (κ1) is 14.3. The minimum absolute atomic E-state index is 0.694. The van der Waals surface area contributed by atoms with E-state index in [1.807, 2.05) is 24.3 Å². The van der Waals surface area contributed by atoms with Gasteiger partial charge in [0.2, 0.25) is 5.95 Å². The molecule has 0 fully saturated rings. The maximum atomic E-state index is 4.45. The van der Waals surface area contributed by atoms with E-state index in [-0.39, 0.29) is 0 Å².